The molecule has 3 aliphatic rings. The highest BCUT2D eigenvalue weighted by Gasteiger charge is 2.45. The van der Waals surface area contributed by atoms with Gasteiger partial charge in [-0.3, -0.25) is 0 Å². The van der Waals surface area contributed by atoms with Crippen molar-refractivity contribution in [3.63, 3.8) is 0 Å². The van der Waals surface area contributed by atoms with Crippen LogP contribution in [0, 0.1) is 0 Å². The summed E-state index contributed by atoms with van der Waals surface area (Å²) in [5, 5.41) is 0. The molecule has 0 saturated heterocycles. The fraction of sp³-hybridized carbons (Fsp3) is 0.118. The summed E-state index contributed by atoms with van der Waals surface area (Å²) in [7, 11) is 0. The zero-order valence-corrected chi connectivity index (χ0v) is 39.7. The van der Waals surface area contributed by atoms with E-state index in [0.717, 1.165) is 17.8 Å². The number of fused-ring (bicyclic) bond motifs is 8. The first kappa shape index (κ1) is 41.2. The Balaban J connectivity index is 0.978. The molecular weight excluding hydrogens is 831 g/mol. The summed E-state index contributed by atoms with van der Waals surface area (Å²) < 4.78 is 0. The van der Waals surface area contributed by atoms with Gasteiger partial charge < -0.3 is 4.90 Å². The van der Waals surface area contributed by atoms with Gasteiger partial charge in [-0.1, -0.05) is 228 Å². The maximum atomic E-state index is 2.53. The summed E-state index contributed by atoms with van der Waals surface area (Å²) in [6, 6.07) is 88.9. The van der Waals surface area contributed by atoms with Gasteiger partial charge in [0.25, 0.3) is 0 Å². The Bertz CT molecular complexity index is 3580. The normalized spacial score (nSPS) is 15.0. The molecule has 1 heteroatoms. The van der Waals surface area contributed by atoms with Gasteiger partial charge in [0.2, 0.25) is 0 Å². The smallest absolute Gasteiger partial charge is 0.0707 e. The Morgan fingerprint density at radius 3 is 1.58 bits per heavy atom. The molecule has 0 fully saturated rings. The van der Waals surface area contributed by atoms with Crippen molar-refractivity contribution >= 4 is 17.1 Å². The van der Waals surface area contributed by atoms with Crippen LogP contribution >= 0.6 is 0 Å². The summed E-state index contributed by atoms with van der Waals surface area (Å²) in [5.41, 5.74) is 26.4. The highest BCUT2D eigenvalue weighted by atomic mass is 15.1. The molecule has 10 aromatic carbocycles. The molecule has 1 nitrogen and oxygen atoms in total. The molecule has 0 aromatic heterocycles. The first-order chi connectivity index (χ1) is 33.7. The maximum absolute atomic E-state index is 2.53. The van der Waals surface area contributed by atoms with Crippen molar-refractivity contribution in [3.8, 4) is 44.5 Å². The molecule has 0 heterocycles. The first-order valence-corrected chi connectivity index (χ1v) is 24.6. The maximum Gasteiger partial charge on any atom is 0.0707 e. The first-order valence-electron chi connectivity index (χ1n) is 24.6. The molecule has 3 aliphatic carbocycles. The average molecular weight is 884 g/mol. The molecule has 0 aliphatic heterocycles. The summed E-state index contributed by atoms with van der Waals surface area (Å²) in [5.74, 6) is 0. The van der Waals surface area contributed by atoms with Crippen LogP contribution in [0.3, 0.4) is 0 Å². The van der Waals surface area contributed by atoms with Crippen LogP contribution < -0.4 is 4.90 Å². The van der Waals surface area contributed by atoms with E-state index < -0.39 is 5.41 Å². The van der Waals surface area contributed by atoms with Gasteiger partial charge in [-0.25, -0.2) is 0 Å². The minimum atomic E-state index is -0.471. The standard InChI is InChI=1S/C68H53N/c1-66(2)59-30-17-15-27-56(59)65-61(66)32-19-33-64(65)69(52-39-41-55-54-40-36-47(45-20-8-5-9-21-45)43-62(54)67(3,4)63(55)44-52)51-37-34-46(35-38-51)53-28-18-31-60-57(53)42-48-22-14-16-29-58(48)68(60,49-23-10-6-11-24-49)50-25-12-7-13-26-50/h5-41,43-44H,42H2,1-4H3. The monoisotopic (exact) mass is 883 g/mol. The molecule has 0 amide bonds. The lowest BCUT2D eigenvalue weighted by Gasteiger charge is -2.43. The molecular formula is C68H53N. The minimum Gasteiger partial charge on any atom is -0.310 e. The fourth-order valence-corrected chi connectivity index (χ4v) is 12.8. The number of anilines is 3. The highest BCUT2D eigenvalue weighted by molar-refractivity contribution is 5.96. The number of hydrogen-bond acceptors (Lipinski definition) is 1. The second kappa shape index (κ2) is 15.5. The third-order valence-electron chi connectivity index (χ3n) is 16.1. The van der Waals surface area contributed by atoms with Gasteiger partial charge >= 0.3 is 0 Å². The van der Waals surface area contributed by atoms with Gasteiger partial charge in [0.15, 0.2) is 0 Å². The summed E-state index contributed by atoms with van der Waals surface area (Å²) >= 11 is 0. The van der Waals surface area contributed by atoms with Gasteiger partial charge in [0.05, 0.1) is 11.1 Å². The Morgan fingerprint density at radius 2 is 0.855 bits per heavy atom. The van der Waals surface area contributed by atoms with Crippen molar-refractivity contribution < 1.29 is 0 Å². The molecule has 330 valence electrons. The second-order valence-electron chi connectivity index (χ2n) is 20.4. The third-order valence-corrected chi connectivity index (χ3v) is 16.1. The van der Waals surface area contributed by atoms with Crippen LogP contribution in [-0.4, -0.2) is 0 Å². The Morgan fingerprint density at radius 1 is 0.333 bits per heavy atom. The van der Waals surface area contributed by atoms with Gasteiger partial charge in [-0.15, -0.1) is 0 Å². The van der Waals surface area contributed by atoms with Crippen molar-refractivity contribution in [1.82, 2.24) is 0 Å². The molecule has 10 aromatic rings. The predicted octanol–water partition coefficient (Wildman–Crippen LogP) is 17.4. The largest absolute Gasteiger partial charge is 0.310 e. The van der Waals surface area contributed by atoms with Gasteiger partial charge in [-0.2, -0.15) is 0 Å². The summed E-state index contributed by atoms with van der Waals surface area (Å²) in [6.07, 6.45) is 0.864. The van der Waals surface area contributed by atoms with Crippen LogP contribution in [0.5, 0.6) is 0 Å². The number of rotatable bonds is 7. The van der Waals surface area contributed by atoms with Crippen molar-refractivity contribution in [1.29, 1.82) is 0 Å². The van der Waals surface area contributed by atoms with Crippen molar-refractivity contribution in [2.24, 2.45) is 0 Å². The lowest BCUT2D eigenvalue weighted by molar-refractivity contribution is 0.660. The number of hydrogen-bond donors (Lipinski definition) is 0. The SMILES string of the molecule is CC1(C)c2cc(-c3ccccc3)ccc2-c2ccc(N(c3ccc(-c4cccc5c4Cc4ccccc4C5(c4ccccc4)c4ccccc4)cc3)c3cccc4c3-c3ccccc3C4(C)C)cc21. The van der Waals surface area contributed by atoms with E-state index in [0.29, 0.717) is 0 Å². The van der Waals surface area contributed by atoms with Gasteiger partial charge in [0.1, 0.15) is 0 Å². The molecule has 0 N–H and O–H groups in total. The van der Waals surface area contributed by atoms with Gasteiger partial charge in [0, 0.05) is 27.8 Å². The molecule has 0 saturated carbocycles. The van der Waals surface area contributed by atoms with E-state index in [1.165, 1.54) is 106 Å². The lowest BCUT2D eigenvalue weighted by Crippen LogP contribution is -2.36. The van der Waals surface area contributed by atoms with Gasteiger partial charge in [-0.05, 0) is 137 Å². The zero-order valence-electron chi connectivity index (χ0n) is 39.7. The number of nitrogens with zero attached hydrogens (tertiary/aromatic N) is 1. The summed E-state index contributed by atoms with van der Waals surface area (Å²) in [6.45, 7) is 9.56. The van der Waals surface area contributed by atoms with Crippen LogP contribution in [-0.2, 0) is 22.7 Å². The molecule has 0 spiro atoms. The molecule has 0 unspecified atom stereocenters. The minimum absolute atomic E-state index is 0.130. The van der Waals surface area contributed by atoms with E-state index in [4.69, 9.17) is 0 Å². The van der Waals surface area contributed by atoms with E-state index in [-0.39, 0.29) is 10.8 Å². The predicted molar refractivity (Wildman–Crippen MR) is 288 cm³/mol. The molecule has 0 bridgehead atoms. The van der Waals surface area contributed by atoms with E-state index in [9.17, 15) is 0 Å². The lowest BCUT2D eigenvalue weighted by atomic mass is 9.59. The van der Waals surface area contributed by atoms with Crippen molar-refractivity contribution in [2.45, 2.75) is 50.4 Å². The number of benzene rings is 10. The van der Waals surface area contributed by atoms with Crippen LogP contribution in [0.4, 0.5) is 17.1 Å². The molecule has 13 rings (SSSR count). The Kier molecular flexibility index (Phi) is 9.27. The van der Waals surface area contributed by atoms with E-state index >= 15 is 0 Å². The Labute approximate surface area is 407 Å². The van der Waals surface area contributed by atoms with Crippen LogP contribution in [0.1, 0.15) is 83.3 Å². The zero-order chi connectivity index (χ0) is 46.5. The molecule has 0 atom stereocenters. The molecule has 69 heavy (non-hydrogen) atoms. The van der Waals surface area contributed by atoms with Crippen molar-refractivity contribution in [3.05, 3.63) is 292 Å². The van der Waals surface area contributed by atoms with Crippen LogP contribution in [0.25, 0.3) is 44.5 Å². The third kappa shape index (κ3) is 6.09. The highest BCUT2D eigenvalue weighted by Crippen LogP contribution is 2.57. The van der Waals surface area contributed by atoms with Crippen LogP contribution in [0.15, 0.2) is 237 Å². The second-order valence-corrected chi connectivity index (χ2v) is 20.4. The van der Waals surface area contributed by atoms with E-state index in [1.807, 2.05) is 0 Å². The topological polar surface area (TPSA) is 3.24 Å². The van der Waals surface area contributed by atoms with E-state index in [2.05, 4.69) is 269 Å². The van der Waals surface area contributed by atoms with Crippen molar-refractivity contribution in [2.75, 3.05) is 4.90 Å². The molecule has 0 radical (unpaired) electrons. The quantitative estimate of drug-likeness (QED) is 0.154. The fourth-order valence-electron chi connectivity index (χ4n) is 12.8. The average Bonchev–Trinajstić information content (AvgIpc) is 3.78. The summed E-state index contributed by atoms with van der Waals surface area (Å²) in [4.78, 5) is 2.53. The van der Waals surface area contributed by atoms with E-state index in [1.54, 1.807) is 0 Å². The van der Waals surface area contributed by atoms with Crippen LogP contribution in [0.2, 0.25) is 0 Å². The Hall–Kier alpha value is -8.00.